The summed E-state index contributed by atoms with van der Waals surface area (Å²) in [7, 11) is 0. The molecule has 0 fully saturated rings. The molecule has 0 saturated heterocycles. The normalized spacial score (nSPS) is 20.4. The van der Waals surface area contributed by atoms with E-state index in [2.05, 4.69) is 20.9 Å². The first-order valence-corrected chi connectivity index (χ1v) is 5.25. The van der Waals surface area contributed by atoms with Crippen molar-refractivity contribution in [3.63, 3.8) is 0 Å². The van der Waals surface area contributed by atoms with Gasteiger partial charge >= 0.3 is 0 Å². The minimum Gasteiger partial charge on any atom is -0.463 e. The Bertz CT molecular complexity index is 394. The van der Waals surface area contributed by atoms with Gasteiger partial charge < -0.3 is 10.5 Å². The number of nitrogens with zero attached hydrogens (tertiary/aromatic N) is 1. The van der Waals surface area contributed by atoms with Gasteiger partial charge in [0.25, 0.3) is 6.02 Å². The summed E-state index contributed by atoms with van der Waals surface area (Å²) >= 11 is 9.23. The van der Waals surface area contributed by atoms with Gasteiger partial charge in [0.2, 0.25) is 0 Å². The maximum absolute atomic E-state index is 5.88. The third-order valence-corrected chi connectivity index (χ3v) is 3.21. The molecule has 0 spiro atoms. The SMILES string of the molecule is NC1=NC(c2ccc(Cl)c(Br)c2)CO1. The second-order valence-electron chi connectivity index (χ2n) is 2.97. The number of rotatable bonds is 1. The van der Waals surface area contributed by atoms with E-state index in [-0.39, 0.29) is 12.1 Å². The highest BCUT2D eigenvalue weighted by molar-refractivity contribution is 9.10. The lowest BCUT2D eigenvalue weighted by atomic mass is 10.1. The standard InChI is InChI=1S/C9H8BrClN2O/c10-6-3-5(1-2-7(6)11)8-4-14-9(12)13-8/h1-3,8H,4H2,(H2,12,13). The minimum atomic E-state index is -0.0106. The monoisotopic (exact) mass is 274 g/mol. The topological polar surface area (TPSA) is 47.6 Å². The van der Waals surface area contributed by atoms with Crippen LogP contribution in [0.5, 0.6) is 0 Å². The fourth-order valence-corrected chi connectivity index (χ4v) is 1.80. The Morgan fingerprint density at radius 3 is 2.93 bits per heavy atom. The first kappa shape index (κ1) is 9.80. The van der Waals surface area contributed by atoms with Crippen LogP contribution in [0.2, 0.25) is 5.02 Å². The van der Waals surface area contributed by atoms with Gasteiger partial charge in [0.1, 0.15) is 12.6 Å². The quantitative estimate of drug-likeness (QED) is 0.856. The molecule has 2 rings (SSSR count). The van der Waals surface area contributed by atoms with Gasteiger partial charge in [-0.25, -0.2) is 4.99 Å². The predicted octanol–water partition coefficient (Wildman–Crippen LogP) is 2.49. The molecule has 1 atom stereocenters. The molecule has 0 radical (unpaired) electrons. The highest BCUT2D eigenvalue weighted by Gasteiger charge is 2.18. The van der Waals surface area contributed by atoms with Crippen LogP contribution in [0.1, 0.15) is 11.6 Å². The first-order chi connectivity index (χ1) is 6.66. The number of hydrogen-bond acceptors (Lipinski definition) is 3. The number of hydrogen-bond donors (Lipinski definition) is 1. The molecule has 1 aromatic rings. The molecule has 3 nitrogen and oxygen atoms in total. The van der Waals surface area contributed by atoms with Gasteiger partial charge in [0, 0.05) is 4.47 Å². The van der Waals surface area contributed by atoms with E-state index in [4.69, 9.17) is 22.1 Å². The smallest absolute Gasteiger partial charge is 0.282 e. The summed E-state index contributed by atoms with van der Waals surface area (Å²) in [5, 5.41) is 0.685. The lowest BCUT2D eigenvalue weighted by Gasteiger charge is -2.06. The van der Waals surface area contributed by atoms with Gasteiger partial charge in [-0.15, -0.1) is 0 Å². The van der Waals surface area contributed by atoms with Crippen LogP contribution in [0.3, 0.4) is 0 Å². The Hall–Kier alpha value is -0.740. The third-order valence-electron chi connectivity index (χ3n) is 2.00. The highest BCUT2D eigenvalue weighted by Crippen LogP contribution is 2.29. The van der Waals surface area contributed by atoms with Crippen LogP contribution in [0.25, 0.3) is 0 Å². The van der Waals surface area contributed by atoms with Crippen LogP contribution in [0.4, 0.5) is 0 Å². The maximum Gasteiger partial charge on any atom is 0.282 e. The van der Waals surface area contributed by atoms with E-state index >= 15 is 0 Å². The third kappa shape index (κ3) is 1.86. The summed E-state index contributed by atoms with van der Waals surface area (Å²) in [5.41, 5.74) is 6.46. The molecule has 1 aromatic carbocycles. The van der Waals surface area contributed by atoms with Crippen molar-refractivity contribution in [2.45, 2.75) is 6.04 Å². The van der Waals surface area contributed by atoms with E-state index in [0.717, 1.165) is 10.0 Å². The molecule has 1 aliphatic rings. The first-order valence-electron chi connectivity index (χ1n) is 4.08. The minimum absolute atomic E-state index is 0.0106. The van der Waals surface area contributed by atoms with Crippen LogP contribution in [-0.2, 0) is 4.74 Å². The van der Waals surface area contributed by atoms with Gasteiger partial charge in [0.15, 0.2) is 0 Å². The molecule has 14 heavy (non-hydrogen) atoms. The van der Waals surface area contributed by atoms with Crippen molar-refractivity contribution in [2.75, 3.05) is 6.61 Å². The van der Waals surface area contributed by atoms with Crippen molar-refractivity contribution in [2.24, 2.45) is 10.7 Å². The molecule has 0 aromatic heterocycles. The van der Waals surface area contributed by atoms with Crippen LogP contribution < -0.4 is 5.73 Å². The van der Waals surface area contributed by atoms with Crippen LogP contribution in [0, 0.1) is 0 Å². The molecule has 2 N–H and O–H groups in total. The number of nitrogens with two attached hydrogens (primary N) is 1. The Balaban J connectivity index is 2.29. The number of ether oxygens (including phenoxy) is 1. The Labute approximate surface area is 95.0 Å². The Morgan fingerprint density at radius 1 is 1.57 bits per heavy atom. The van der Waals surface area contributed by atoms with E-state index < -0.39 is 0 Å². The summed E-state index contributed by atoms with van der Waals surface area (Å²) in [6, 6.07) is 5.91. The maximum atomic E-state index is 5.88. The summed E-state index contributed by atoms with van der Waals surface area (Å²) < 4.78 is 5.93. The Morgan fingerprint density at radius 2 is 2.36 bits per heavy atom. The van der Waals surface area contributed by atoms with Gasteiger partial charge in [-0.1, -0.05) is 17.7 Å². The summed E-state index contributed by atoms with van der Waals surface area (Å²) in [5.74, 6) is 0. The fraction of sp³-hybridized carbons (Fsp3) is 0.222. The molecule has 0 amide bonds. The summed E-state index contributed by atoms with van der Waals surface area (Å²) in [6.45, 7) is 0.500. The van der Waals surface area contributed by atoms with Crippen molar-refractivity contribution in [1.29, 1.82) is 0 Å². The van der Waals surface area contributed by atoms with E-state index in [1.165, 1.54) is 0 Å². The zero-order valence-electron chi connectivity index (χ0n) is 7.21. The molecule has 1 unspecified atom stereocenters. The highest BCUT2D eigenvalue weighted by atomic mass is 79.9. The van der Waals surface area contributed by atoms with Crippen molar-refractivity contribution < 1.29 is 4.74 Å². The van der Waals surface area contributed by atoms with E-state index in [1.807, 2.05) is 18.2 Å². The largest absolute Gasteiger partial charge is 0.463 e. The average molecular weight is 276 g/mol. The average Bonchev–Trinajstić information content (AvgIpc) is 2.57. The van der Waals surface area contributed by atoms with Crippen molar-refractivity contribution in [3.05, 3.63) is 33.3 Å². The lowest BCUT2D eigenvalue weighted by Crippen LogP contribution is -2.10. The van der Waals surface area contributed by atoms with E-state index in [9.17, 15) is 0 Å². The molecular formula is C9H8BrClN2O. The van der Waals surface area contributed by atoms with Gasteiger partial charge in [-0.05, 0) is 33.6 Å². The van der Waals surface area contributed by atoms with Crippen LogP contribution >= 0.6 is 27.5 Å². The molecule has 74 valence electrons. The number of amidine groups is 1. The van der Waals surface area contributed by atoms with Crippen molar-refractivity contribution >= 4 is 33.6 Å². The molecule has 1 aliphatic heterocycles. The molecule has 0 saturated carbocycles. The molecule has 5 heteroatoms. The molecule has 0 aliphatic carbocycles. The second kappa shape index (κ2) is 3.79. The van der Waals surface area contributed by atoms with Crippen LogP contribution in [0.15, 0.2) is 27.7 Å². The second-order valence-corrected chi connectivity index (χ2v) is 4.23. The number of benzene rings is 1. The Kier molecular flexibility index (Phi) is 2.65. The van der Waals surface area contributed by atoms with Crippen LogP contribution in [-0.4, -0.2) is 12.6 Å². The van der Waals surface area contributed by atoms with Gasteiger partial charge in [-0.3, -0.25) is 0 Å². The van der Waals surface area contributed by atoms with Gasteiger partial charge in [-0.2, -0.15) is 0 Å². The lowest BCUT2D eigenvalue weighted by molar-refractivity contribution is 0.315. The number of aliphatic imine (C=N–C) groups is 1. The van der Waals surface area contributed by atoms with E-state index in [0.29, 0.717) is 11.6 Å². The summed E-state index contributed by atoms with van der Waals surface area (Å²) in [4.78, 5) is 4.14. The molecule has 0 bridgehead atoms. The fourth-order valence-electron chi connectivity index (χ4n) is 1.28. The van der Waals surface area contributed by atoms with Crippen molar-refractivity contribution in [3.8, 4) is 0 Å². The molecule has 1 heterocycles. The number of halogens is 2. The van der Waals surface area contributed by atoms with E-state index in [1.54, 1.807) is 0 Å². The zero-order chi connectivity index (χ0) is 10.1. The predicted molar refractivity (Wildman–Crippen MR) is 59.5 cm³/mol. The van der Waals surface area contributed by atoms with Gasteiger partial charge in [0.05, 0.1) is 5.02 Å². The molecular weight excluding hydrogens is 267 g/mol. The summed E-state index contributed by atoms with van der Waals surface area (Å²) in [6.07, 6.45) is 0. The zero-order valence-corrected chi connectivity index (χ0v) is 9.55. The van der Waals surface area contributed by atoms with Crippen molar-refractivity contribution in [1.82, 2.24) is 0 Å².